The standard InChI is InChI=1S/C16H26N2O2/c1-4-13-14(19)18(11-8-12(2)3)16(15(20)17-13)9-6-5-7-10-16/h8,13H,4-7,9-11H2,1-3H3,(H,17,20). The molecule has 1 aliphatic heterocycles. The van der Waals surface area contributed by atoms with Crippen LogP contribution in [0.15, 0.2) is 11.6 Å². The SMILES string of the molecule is CCC1NC(=O)C2(CCCCC2)N(CC=C(C)C)C1=O. The number of nitrogens with zero attached hydrogens (tertiary/aromatic N) is 1. The van der Waals surface area contributed by atoms with Crippen molar-refractivity contribution in [2.75, 3.05) is 6.54 Å². The number of carbonyl (C=O) groups is 2. The quantitative estimate of drug-likeness (QED) is 0.806. The average molecular weight is 278 g/mol. The first-order valence-corrected chi connectivity index (χ1v) is 7.77. The molecule has 0 radical (unpaired) electrons. The first-order valence-electron chi connectivity index (χ1n) is 7.77. The molecule has 1 N–H and O–H groups in total. The van der Waals surface area contributed by atoms with E-state index < -0.39 is 5.54 Å². The monoisotopic (exact) mass is 278 g/mol. The van der Waals surface area contributed by atoms with Gasteiger partial charge in [0.2, 0.25) is 11.8 Å². The third-order valence-electron chi connectivity index (χ3n) is 4.58. The van der Waals surface area contributed by atoms with Crippen molar-refractivity contribution in [1.82, 2.24) is 10.2 Å². The lowest BCUT2D eigenvalue weighted by atomic mass is 9.77. The van der Waals surface area contributed by atoms with Crippen LogP contribution in [-0.2, 0) is 9.59 Å². The number of rotatable bonds is 3. The molecule has 2 amide bonds. The topological polar surface area (TPSA) is 49.4 Å². The summed E-state index contributed by atoms with van der Waals surface area (Å²) in [5.74, 6) is 0.150. The van der Waals surface area contributed by atoms with Crippen LogP contribution in [0.4, 0.5) is 0 Å². The van der Waals surface area contributed by atoms with Gasteiger partial charge in [-0.15, -0.1) is 0 Å². The zero-order valence-electron chi connectivity index (χ0n) is 12.9. The summed E-state index contributed by atoms with van der Waals surface area (Å²) in [4.78, 5) is 27.1. The second-order valence-electron chi connectivity index (χ2n) is 6.26. The van der Waals surface area contributed by atoms with Crippen LogP contribution < -0.4 is 5.32 Å². The van der Waals surface area contributed by atoms with Gasteiger partial charge >= 0.3 is 0 Å². The van der Waals surface area contributed by atoms with Crippen molar-refractivity contribution in [2.24, 2.45) is 0 Å². The molecule has 1 saturated carbocycles. The minimum absolute atomic E-state index is 0.0609. The first kappa shape index (κ1) is 15.1. The molecule has 4 nitrogen and oxygen atoms in total. The summed E-state index contributed by atoms with van der Waals surface area (Å²) in [5.41, 5.74) is 0.593. The molecule has 1 atom stereocenters. The van der Waals surface area contributed by atoms with Crippen LogP contribution in [0.3, 0.4) is 0 Å². The normalized spacial score (nSPS) is 25.6. The maximum Gasteiger partial charge on any atom is 0.246 e. The molecule has 0 aromatic rings. The van der Waals surface area contributed by atoms with Crippen molar-refractivity contribution in [2.45, 2.75) is 70.9 Å². The van der Waals surface area contributed by atoms with E-state index in [1.165, 1.54) is 5.57 Å². The molecule has 20 heavy (non-hydrogen) atoms. The molecule has 1 spiro atoms. The van der Waals surface area contributed by atoms with E-state index in [0.29, 0.717) is 13.0 Å². The Morgan fingerprint density at radius 1 is 1.30 bits per heavy atom. The number of carbonyl (C=O) groups excluding carboxylic acids is 2. The highest BCUT2D eigenvalue weighted by Gasteiger charge is 2.51. The summed E-state index contributed by atoms with van der Waals surface area (Å²) in [6, 6.07) is -0.347. The van der Waals surface area contributed by atoms with Crippen molar-refractivity contribution in [1.29, 1.82) is 0 Å². The van der Waals surface area contributed by atoms with E-state index in [2.05, 4.69) is 11.4 Å². The fourth-order valence-corrected chi connectivity index (χ4v) is 3.32. The molecule has 1 saturated heterocycles. The van der Waals surface area contributed by atoms with Crippen LogP contribution in [0.2, 0.25) is 0 Å². The number of piperazine rings is 1. The molecule has 1 aliphatic carbocycles. The maximum atomic E-state index is 12.7. The van der Waals surface area contributed by atoms with Crippen LogP contribution in [-0.4, -0.2) is 34.8 Å². The van der Waals surface area contributed by atoms with Gasteiger partial charge in [0, 0.05) is 6.54 Å². The Balaban J connectivity index is 2.32. The number of nitrogens with one attached hydrogen (secondary N) is 1. The predicted octanol–water partition coefficient (Wildman–Crippen LogP) is 2.39. The molecule has 2 rings (SSSR count). The Bertz CT molecular complexity index is 418. The average Bonchev–Trinajstić information content (AvgIpc) is 2.43. The maximum absolute atomic E-state index is 12.7. The second-order valence-corrected chi connectivity index (χ2v) is 6.26. The van der Waals surface area contributed by atoms with Gasteiger partial charge < -0.3 is 10.2 Å². The molecular weight excluding hydrogens is 252 g/mol. The fraction of sp³-hybridized carbons (Fsp3) is 0.750. The summed E-state index contributed by atoms with van der Waals surface area (Å²) in [7, 11) is 0. The van der Waals surface area contributed by atoms with Gasteiger partial charge in [0.15, 0.2) is 0 Å². The smallest absolute Gasteiger partial charge is 0.246 e. The van der Waals surface area contributed by atoms with Gasteiger partial charge in [-0.1, -0.05) is 37.8 Å². The highest BCUT2D eigenvalue weighted by molar-refractivity contribution is 6.00. The van der Waals surface area contributed by atoms with E-state index in [4.69, 9.17) is 0 Å². The Hall–Kier alpha value is -1.32. The predicted molar refractivity (Wildman–Crippen MR) is 79.2 cm³/mol. The van der Waals surface area contributed by atoms with E-state index in [1.54, 1.807) is 0 Å². The molecule has 1 heterocycles. The van der Waals surface area contributed by atoms with Crippen molar-refractivity contribution < 1.29 is 9.59 Å². The van der Waals surface area contributed by atoms with Crippen LogP contribution >= 0.6 is 0 Å². The van der Waals surface area contributed by atoms with Crippen molar-refractivity contribution in [3.05, 3.63) is 11.6 Å². The molecule has 2 aliphatic rings. The van der Waals surface area contributed by atoms with E-state index in [9.17, 15) is 9.59 Å². The Morgan fingerprint density at radius 3 is 2.50 bits per heavy atom. The van der Waals surface area contributed by atoms with Crippen molar-refractivity contribution >= 4 is 11.8 Å². The highest BCUT2D eigenvalue weighted by atomic mass is 16.2. The van der Waals surface area contributed by atoms with Gasteiger partial charge in [-0.2, -0.15) is 0 Å². The third kappa shape index (κ3) is 2.60. The van der Waals surface area contributed by atoms with Gasteiger partial charge in [-0.3, -0.25) is 9.59 Å². The number of amides is 2. The fourth-order valence-electron chi connectivity index (χ4n) is 3.32. The molecule has 4 heteroatoms. The Morgan fingerprint density at radius 2 is 1.95 bits per heavy atom. The molecule has 1 unspecified atom stereocenters. The number of allylic oxidation sites excluding steroid dienone is 1. The first-order chi connectivity index (χ1) is 9.51. The minimum Gasteiger partial charge on any atom is -0.342 e. The largest absolute Gasteiger partial charge is 0.342 e. The van der Waals surface area contributed by atoms with Gasteiger partial charge in [-0.05, 0) is 33.1 Å². The highest BCUT2D eigenvalue weighted by Crippen LogP contribution is 2.37. The lowest BCUT2D eigenvalue weighted by Crippen LogP contribution is -2.71. The van der Waals surface area contributed by atoms with Crippen molar-refractivity contribution in [3.8, 4) is 0 Å². The van der Waals surface area contributed by atoms with E-state index in [0.717, 1.165) is 32.1 Å². The Kier molecular flexibility index (Phi) is 4.51. The van der Waals surface area contributed by atoms with E-state index >= 15 is 0 Å². The molecule has 0 bridgehead atoms. The number of hydrogen-bond donors (Lipinski definition) is 1. The Labute approximate surface area is 121 Å². The van der Waals surface area contributed by atoms with Crippen LogP contribution in [0.1, 0.15) is 59.3 Å². The van der Waals surface area contributed by atoms with Gasteiger partial charge in [0.1, 0.15) is 11.6 Å². The van der Waals surface area contributed by atoms with Crippen LogP contribution in [0.5, 0.6) is 0 Å². The van der Waals surface area contributed by atoms with Gasteiger partial charge in [0.25, 0.3) is 0 Å². The second kappa shape index (κ2) is 5.98. The summed E-state index contributed by atoms with van der Waals surface area (Å²) in [6.45, 7) is 6.56. The van der Waals surface area contributed by atoms with Crippen LogP contribution in [0, 0.1) is 0 Å². The molecular formula is C16H26N2O2. The summed E-state index contributed by atoms with van der Waals surface area (Å²) in [5, 5.41) is 2.94. The lowest BCUT2D eigenvalue weighted by Gasteiger charge is -2.49. The summed E-state index contributed by atoms with van der Waals surface area (Å²) >= 11 is 0. The zero-order valence-corrected chi connectivity index (χ0v) is 12.9. The minimum atomic E-state index is -0.590. The zero-order chi connectivity index (χ0) is 14.8. The molecule has 0 aromatic heterocycles. The molecule has 0 aromatic carbocycles. The van der Waals surface area contributed by atoms with E-state index in [-0.39, 0.29) is 17.9 Å². The number of hydrogen-bond acceptors (Lipinski definition) is 2. The van der Waals surface area contributed by atoms with Crippen molar-refractivity contribution in [3.63, 3.8) is 0 Å². The summed E-state index contributed by atoms with van der Waals surface area (Å²) < 4.78 is 0. The van der Waals surface area contributed by atoms with E-state index in [1.807, 2.05) is 25.7 Å². The molecule has 112 valence electrons. The van der Waals surface area contributed by atoms with Gasteiger partial charge in [-0.25, -0.2) is 0 Å². The molecule has 2 fully saturated rings. The summed E-state index contributed by atoms with van der Waals surface area (Å²) in [6.07, 6.45) is 7.54. The van der Waals surface area contributed by atoms with Gasteiger partial charge in [0.05, 0.1) is 0 Å². The lowest BCUT2D eigenvalue weighted by molar-refractivity contribution is -0.159. The van der Waals surface area contributed by atoms with Crippen LogP contribution in [0.25, 0.3) is 0 Å². The third-order valence-corrected chi connectivity index (χ3v) is 4.58.